The molecule has 0 radical (unpaired) electrons. The summed E-state index contributed by atoms with van der Waals surface area (Å²) in [7, 11) is 0. The second-order valence-corrected chi connectivity index (χ2v) is 6.21. The molecule has 1 aliphatic heterocycles. The van der Waals surface area contributed by atoms with Crippen LogP contribution in [-0.2, 0) is 0 Å². The maximum absolute atomic E-state index is 12.5. The summed E-state index contributed by atoms with van der Waals surface area (Å²) in [6, 6.07) is 11.5. The first-order valence-corrected chi connectivity index (χ1v) is 8.63. The molecule has 1 fully saturated rings. The molecule has 1 aliphatic rings. The molecule has 1 aromatic carbocycles. The minimum absolute atomic E-state index is 0.151. The van der Waals surface area contributed by atoms with E-state index in [0.29, 0.717) is 24.5 Å². The van der Waals surface area contributed by atoms with Gasteiger partial charge in [-0.25, -0.2) is 9.78 Å². The van der Waals surface area contributed by atoms with Gasteiger partial charge in [-0.15, -0.1) is 0 Å². The van der Waals surface area contributed by atoms with Crippen LogP contribution in [0.3, 0.4) is 0 Å². The highest BCUT2D eigenvalue weighted by Crippen LogP contribution is 2.26. The Morgan fingerprint density at radius 3 is 2.82 bits per heavy atom. The van der Waals surface area contributed by atoms with E-state index < -0.39 is 16.2 Å². The standard InChI is InChI=1S/C18H16N6O4/c25-17-15(24(27)28)16(21-14-7-1-2-9-23(14)17)20-12-5-3-6-13(11-12)22-10-4-8-19-18(22)26/h1-3,5-7,9,11,20H,4,8,10H2,(H,19,26). The van der Waals surface area contributed by atoms with Crippen molar-refractivity contribution in [3.63, 3.8) is 0 Å². The molecule has 0 unspecified atom stereocenters. The van der Waals surface area contributed by atoms with E-state index in [1.165, 1.54) is 6.20 Å². The molecule has 0 saturated carbocycles. The van der Waals surface area contributed by atoms with Crippen molar-refractivity contribution in [1.29, 1.82) is 0 Å². The van der Waals surface area contributed by atoms with Crippen LogP contribution in [0, 0.1) is 10.1 Å². The smallest absolute Gasteiger partial charge is 0.338 e. The molecular formula is C18H16N6O4. The molecule has 4 rings (SSSR count). The molecule has 10 nitrogen and oxygen atoms in total. The van der Waals surface area contributed by atoms with E-state index in [2.05, 4.69) is 15.6 Å². The molecule has 0 bridgehead atoms. The first-order chi connectivity index (χ1) is 13.5. The van der Waals surface area contributed by atoms with E-state index in [1.54, 1.807) is 47.4 Å². The van der Waals surface area contributed by atoms with Gasteiger partial charge in [0.05, 0.1) is 4.92 Å². The summed E-state index contributed by atoms with van der Waals surface area (Å²) in [5.74, 6) is -0.151. The fourth-order valence-electron chi connectivity index (χ4n) is 3.10. The van der Waals surface area contributed by atoms with Gasteiger partial charge in [-0.3, -0.25) is 24.2 Å². The lowest BCUT2D eigenvalue weighted by molar-refractivity contribution is -0.385. The van der Waals surface area contributed by atoms with E-state index in [1.807, 2.05) is 0 Å². The zero-order chi connectivity index (χ0) is 19.7. The van der Waals surface area contributed by atoms with Gasteiger partial charge in [0.25, 0.3) is 0 Å². The van der Waals surface area contributed by atoms with Crippen molar-refractivity contribution in [2.24, 2.45) is 0 Å². The lowest BCUT2D eigenvalue weighted by Gasteiger charge is -2.27. The van der Waals surface area contributed by atoms with Gasteiger partial charge in [0.15, 0.2) is 0 Å². The van der Waals surface area contributed by atoms with Gasteiger partial charge in [-0.2, -0.15) is 0 Å². The monoisotopic (exact) mass is 380 g/mol. The molecule has 2 amide bonds. The van der Waals surface area contributed by atoms with Crippen LogP contribution in [0.1, 0.15) is 6.42 Å². The van der Waals surface area contributed by atoms with Crippen LogP contribution < -0.4 is 21.1 Å². The summed E-state index contributed by atoms with van der Waals surface area (Å²) in [5.41, 5.74) is -0.0184. The second kappa shape index (κ2) is 6.99. The predicted molar refractivity (Wildman–Crippen MR) is 103 cm³/mol. The summed E-state index contributed by atoms with van der Waals surface area (Å²) in [5, 5.41) is 17.1. The van der Waals surface area contributed by atoms with Gasteiger partial charge in [-0.05, 0) is 36.8 Å². The Labute approximate surface area is 158 Å². The zero-order valence-electron chi connectivity index (χ0n) is 14.7. The number of benzene rings is 1. The highest BCUT2D eigenvalue weighted by Gasteiger charge is 2.24. The fraction of sp³-hybridized carbons (Fsp3) is 0.167. The number of anilines is 3. The number of nitrogens with zero attached hydrogens (tertiary/aromatic N) is 4. The van der Waals surface area contributed by atoms with Crippen molar-refractivity contribution in [2.45, 2.75) is 6.42 Å². The Morgan fingerprint density at radius 1 is 1.18 bits per heavy atom. The molecule has 0 aliphatic carbocycles. The van der Waals surface area contributed by atoms with Crippen molar-refractivity contribution in [3.8, 4) is 0 Å². The number of urea groups is 1. The van der Waals surface area contributed by atoms with Crippen molar-refractivity contribution < 1.29 is 9.72 Å². The number of fused-ring (bicyclic) bond motifs is 1. The lowest BCUT2D eigenvalue weighted by atomic mass is 10.2. The number of rotatable bonds is 4. The molecule has 3 heterocycles. The predicted octanol–water partition coefficient (Wildman–Crippen LogP) is 2.27. The van der Waals surface area contributed by atoms with Crippen molar-refractivity contribution in [2.75, 3.05) is 23.3 Å². The third kappa shape index (κ3) is 3.11. The molecule has 10 heteroatoms. The summed E-state index contributed by atoms with van der Waals surface area (Å²) in [6.07, 6.45) is 2.24. The molecule has 0 spiro atoms. The van der Waals surface area contributed by atoms with Gasteiger partial charge >= 0.3 is 17.3 Å². The maximum atomic E-state index is 12.5. The largest absolute Gasteiger partial charge is 0.376 e. The first-order valence-electron chi connectivity index (χ1n) is 8.63. The van der Waals surface area contributed by atoms with Crippen molar-refractivity contribution in [1.82, 2.24) is 14.7 Å². The zero-order valence-corrected chi connectivity index (χ0v) is 14.7. The van der Waals surface area contributed by atoms with E-state index >= 15 is 0 Å². The maximum Gasteiger partial charge on any atom is 0.376 e. The fourth-order valence-corrected chi connectivity index (χ4v) is 3.10. The van der Waals surface area contributed by atoms with E-state index in [4.69, 9.17) is 0 Å². The normalized spacial score (nSPS) is 14.0. The van der Waals surface area contributed by atoms with Crippen molar-refractivity contribution >= 4 is 34.6 Å². The number of hydrogen-bond acceptors (Lipinski definition) is 6. The Balaban J connectivity index is 1.75. The minimum Gasteiger partial charge on any atom is -0.338 e. The topological polar surface area (TPSA) is 122 Å². The molecule has 3 aromatic rings. The van der Waals surface area contributed by atoms with Crippen LogP contribution in [0.4, 0.5) is 27.7 Å². The van der Waals surface area contributed by atoms with Crippen LogP contribution in [0.15, 0.2) is 53.5 Å². The minimum atomic E-state index is -0.773. The summed E-state index contributed by atoms with van der Waals surface area (Å²) >= 11 is 0. The molecule has 0 atom stereocenters. The molecule has 28 heavy (non-hydrogen) atoms. The number of aromatic nitrogens is 2. The summed E-state index contributed by atoms with van der Waals surface area (Å²) in [6.45, 7) is 1.20. The average Bonchev–Trinajstić information content (AvgIpc) is 2.68. The van der Waals surface area contributed by atoms with Crippen LogP contribution in [0.5, 0.6) is 0 Å². The van der Waals surface area contributed by atoms with Crippen LogP contribution in [0.2, 0.25) is 0 Å². The van der Waals surface area contributed by atoms with Crippen LogP contribution in [0.25, 0.3) is 5.65 Å². The number of carbonyl (C=O) groups is 1. The Hall–Kier alpha value is -3.95. The van der Waals surface area contributed by atoms with Crippen LogP contribution >= 0.6 is 0 Å². The third-order valence-electron chi connectivity index (χ3n) is 4.39. The number of hydrogen-bond donors (Lipinski definition) is 2. The number of nitrogens with one attached hydrogen (secondary N) is 2. The summed E-state index contributed by atoms with van der Waals surface area (Å²) in [4.78, 5) is 41.1. The SMILES string of the molecule is O=C1NCCCN1c1cccc(Nc2nc3ccccn3c(=O)c2[N+](=O)[O-])c1. The lowest BCUT2D eigenvalue weighted by Crippen LogP contribution is -2.46. The van der Waals surface area contributed by atoms with Crippen LogP contribution in [-0.4, -0.2) is 33.4 Å². The highest BCUT2D eigenvalue weighted by molar-refractivity contribution is 5.93. The molecule has 142 valence electrons. The number of pyridine rings is 1. The molecule has 2 N–H and O–H groups in total. The van der Waals surface area contributed by atoms with E-state index in [9.17, 15) is 19.7 Å². The van der Waals surface area contributed by atoms with Crippen molar-refractivity contribution in [3.05, 3.63) is 69.1 Å². The summed E-state index contributed by atoms with van der Waals surface area (Å²) < 4.78 is 1.12. The van der Waals surface area contributed by atoms with E-state index in [0.717, 1.165) is 10.8 Å². The quantitative estimate of drug-likeness (QED) is 0.529. The first kappa shape index (κ1) is 17.5. The van der Waals surface area contributed by atoms with Gasteiger partial charge in [0.1, 0.15) is 5.65 Å². The third-order valence-corrected chi connectivity index (χ3v) is 4.39. The Kier molecular flexibility index (Phi) is 4.36. The average molecular weight is 380 g/mol. The van der Waals surface area contributed by atoms with Gasteiger partial charge in [0, 0.05) is 30.7 Å². The molecular weight excluding hydrogens is 364 g/mol. The number of carbonyl (C=O) groups excluding carboxylic acids is 1. The van der Waals surface area contributed by atoms with Gasteiger partial charge in [-0.1, -0.05) is 12.1 Å². The van der Waals surface area contributed by atoms with Gasteiger partial charge < -0.3 is 10.6 Å². The molecule has 2 aromatic heterocycles. The van der Waals surface area contributed by atoms with Gasteiger partial charge in [0.2, 0.25) is 5.82 Å². The number of nitro groups is 1. The number of amides is 2. The Bertz CT molecular complexity index is 1140. The Morgan fingerprint density at radius 2 is 2.04 bits per heavy atom. The van der Waals surface area contributed by atoms with E-state index in [-0.39, 0.29) is 17.5 Å². The molecule has 1 saturated heterocycles. The highest BCUT2D eigenvalue weighted by atomic mass is 16.6. The second-order valence-electron chi connectivity index (χ2n) is 6.21.